The van der Waals surface area contributed by atoms with E-state index in [0.29, 0.717) is 11.1 Å². The van der Waals surface area contributed by atoms with Crippen LogP contribution < -0.4 is 16.0 Å². The molecule has 1 aliphatic carbocycles. The highest BCUT2D eigenvalue weighted by Crippen LogP contribution is 2.29. The summed E-state index contributed by atoms with van der Waals surface area (Å²) in [5.41, 5.74) is 4.95. The monoisotopic (exact) mass is 288 g/mol. The van der Waals surface area contributed by atoms with E-state index in [2.05, 4.69) is 5.43 Å². The van der Waals surface area contributed by atoms with E-state index in [-0.39, 0.29) is 6.04 Å². The lowest BCUT2D eigenvalue weighted by Crippen LogP contribution is -2.28. The van der Waals surface area contributed by atoms with Gasteiger partial charge in [-0.05, 0) is 48.2 Å². The molecule has 4 heteroatoms. The molecule has 3 rings (SSSR count). The zero-order chi connectivity index (χ0) is 13.9. The third kappa shape index (κ3) is 3.12. The summed E-state index contributed by atoms with van der Waals surface area (Å²) in [6, 6.07) is 15.7. The fraction of sp³-hybridized carbons (Fsp3) is 0.250. The maximum atomic E-state index is 6.03. The summed E-state index contributed by atoms with van der Waals surface area (Å²) in [5.74, 6) is 6.61. The Morgan fingerprint density at radius 1 is 1.10 bits per heavy atom. The van der Waals surface area contributed by atoms with Crippen LogP contribution in [0.2, 0.25) is 5.02 Å². The van der Waals surface area contributed by atoms with E-state index in [1.54, 1.807) is 0 Å². The molecule has 1 fully saturated rings. The van der Waals surface area contributed by atoms with Gasteiger partial charge in [0, 0.05) is 5.02 Å². The van der Waals surface area contributed by atoms with Gasteiger partial charge in [-0.15, -0.1) is 0 Å². The first-order chi connectivity index (χ1) is 9.76. The van der Waals surface area contributed by atoms with Gasteiger partial charge in [-0.1, -0.05) is 35.9 Å². The lowest BCUT2D eigenvalue weighted by molar-refractivity contribution is 0.303. The molecule has 0 radical (unpaired) electrons. The normalized spacial score (nSPS) is 15.9. The Bertz CT molecular complexity index is 581. The lowest BCUT2D eigenvalue weighted by Gasteiger charge is -2.17. The van der Waals surface area contributed by atoms with E-state index >= 15 is 0 Å². The smallest absolute Gasteiger partial charge is 0.119 e. The molecular formula is C16H17ClN2O. The first-order valence-electron chi connectivity index (χ1n) is 6.74. The molecule has 0 bridgehead atoms. The second-order valence-electron chi connectivity index (χ2n) is 5.04. The average Bonchev–Trinajstić information content (AvgIpc) is 3.26. The topological polar surface area (TPSA) is 47.3 Å². The van der Waals surface area contributed by atoms with E-state index in [1.165, 1.54) is 0 Å². The number of benzene rings is 2. The van der Waals surface area contributed by atoms with Crippen molar-refractivity contribution in [2.24, 2.45) is 5.84 Å². The standard InChI is InChI=1S/C16H17ClN2O/c17-13-3-1-2-12(10-13)16(19-18)11-4-6-14(7-5-11)20-15-8-9-15/h1-7,10,15-16,19H,8-9,18H2. The fourth-order valence-corrected chi connectivity index (χ4v) is 2.39. The first kappa shape index (κ1) is 13.4. The third-order valence-corrected chi connectivity index (χ3v) is 3.62. The Kier molecular flexibility index (Phi) is 3.92. The summed E-state index contributed by atoms with van der Waals surface area (Å²) in [7, 11) is 0. The number of halogens is 1. The molecular weight excluding hydrogens is 272 g/mol. The number of ether oxygens (including phenoxy) is 1. The molecule has 20 heavy (non-hydrogen) atoms. The summed E-state index contributed by atoms with van der Waals surface area (Å²) >= 11 is 6.03. The summed E-state index contributed by atoms with van der Waals surface area (Å²) in [5, 5.41) is 0.705. The molecule has 0 aromatic heterocycles. The van der Waals surface area contributed by atoms with Gasteiger partial charge in [0.25, 0.3) is 0 Å². The Balaban J connectivity index is 1.81. The summed E-state index contributed by atoms with van der Waals surface area (Å²) in [6.07, 6.45) is 2.74. The zero-order valence-electron chi connectivity index (χ0n) is 11.1. The fourth-order valence-electron chi connectivity index (χ4n) is 2.19. The summed E-state index contributed by atoms with van der Waals surface area (Å²) in [4.78, 5) is 0. The van der Waals surface area contributed by atoms with Crippen LogP contribution in [-0.2, 0) is 0 Å². The van der Waals surface area contributed by atoms with Crippen molar-refractivity contribution in [3.05, 3.63) is 64.7 Å². The Morgan fingerprint density at radius 3 is 2.45 bits per heavy atom. The maximum Gasteiger partial charge on any atom is 0.119 e. The summed E-state index contributed by atoms with van der Waals surface area (Å²) in [6.45, 7) is 0. The van der Waals surface area contributed by atoms with Crippen LogP contribution in [0.25, 0.3) is 0 Å². The summed E-state index contributed by atoms with van der Waals surface area (Å²) < 4.78 is 5.75. The average molecular weight is 289 g/mol. The molecule has 1 atom stereocenters. The van der Waals surface area contributed by atoms with Gasteiger partial charge in [-0.25, -0.2) is 5.43 Å². The predicted molar refractivity (Wildman–Crippen MR) is 80.7 cm³/mol. The van der Waals surface area contributed by atoms with Gasteiger partial charge >= 0.3 is 0 Å². The molecule has 2 aromatic rings. The highest BCUT2D eigenvalue weighted by atomic mass is 35.5. The van der Waals surface area contributed by atoms with Gasteiger partial charge in [0.05, 0.1) is 12.1 Å². The molecule has 0 spiro atoms. The van der Waals surface area contributed by atoms with E-state index < -0.39 is 0 Å². The van der Waals surface area contributed by atoms with Gasteiger partial charge in [-0.3, -0.25) is 5.84 Å². The van der Waals surface area contributed by atoms with E-state index in [0.717, 1.165) is 29.7 Å². The number of hydrogen-bond acceptors (Lipinski definition) is 3. The van der Waals surface area contributed by atoms with E-state index in [9.17, 15) is 0 Å². The molecule has 104 valence electrons. The van der Waals surface area contributed by atoms with Crippen LogP contribution in [0.3, 0.4) is 0 Å². The van der Waals surface area contributed by atoms with Crippen LogP contribution in [0.5, 0.6) is 5.75 Å². The Morgan fingerprint density at radius 2 is 1.85 bits per heavy atom. The van der Waals surface area contributed by atoms with Gasteiger partial charge in [0.15, 0.2) is 0 Å². The lowest BCUT2D eigenvalue weighted by atomic mass is 9.99. The minimum atomic E-state index is -0.0799. The Hall–Kier alpha value is -1.55. The number of nitrogens with one attached hydrogen (secondary N) is 1. The zero-order valence-corrected chi connectivity index (χ0v) is 11.8. The van der Waals surface area contributed by atoms with Crippen LogP contribution in [0.15, 0.2) is 48.5 Å². The molecule has 0 aliphatic heterocycles. The molecule has 0 heterocycles. The van der Waals surface area contributed by atoms with Crippen molar-refractivity contribution in [3.63, 3.8) is 0 Å². The highest BCUT2D eigenvalue weighted by molar-refractivity contribution is 6.30. The maximum absolute atomic E-state index is 6.03. The van der Waals surface area contributed by atoms with Crippen LogP contribution in [0.4, 0.5) is 0 Å². The number of hydrazine groups is 1. The van der Waals surface area contributed by atoms with Crippen LogP contribution in [0, 0.1) is 0 Å². The number of nitrogens with two attached hydrogens (primary N) is 1. The SMILES string of the molecule is NNC(c1ccc(OC2CC2)cc1)c1cccc(Cl)c1. The van der Waals surface area contributed by atoms with E-state index in [4.69, 9.17) is 22.2 Å². The van der Waals surface area contributed by atoms with Crippen molar-refractivity contribution in [1.82, 2.24) is 5.43 Å². The minimum Gasteiger partial charge on any atom is -0.490 e. The van der Waals surface area contributed by atoms with Crippen molar-refractivity contribution in [2.75, 3.05) is 0 Å². The second-order valence-corrected chi connectivity index (χ2v) is 5.48. The molecule has 1 unspecified atom stereocenters. The van der Waals surface area contributed by atoms with Crippen LogP contribution in [0.1, 0.15) is 30.0 Å². The van der Waals surface area contributed by atoms with Gasteiger partial charge < -0.3 is 4.74 Å². The second kappa shape index (κ2) is 5.83. The van der Waals surface area contributed by atoms with Crippen molar-refractivity contribution < 1.29 is 4.74 Å². The van der Waals surface area contributed by atoms with E-state index in [1.807, 2.05) is 48.5 Å². The number of hydrogen-bond donors (Lipinski definition) is 2. The molecule has 0 saturated heterocycles. The van der Waals surface area contributed by atoms with Crippen molar-refractivity contribution in [3.8, 4) is 5.75 Å². The first-order valence-corrected chi connectivity index (χ1v) is 7.12. The molecule has 0 amide bonds. The molecule has 1 aliphatic rings. The van der Waals surface area contributed by atoms with Gasteiger partial charge in [-0.2, -0.15) is 0 Å². The van der Waals surface area contributed by atoms with Crippen molar-refractivity contribution in [1.29, 1.82) is 0 Å². The van der Waals surface area contributed by atoms with Gasteiger partial charge in [0.2, 0.25) is 0 Å². The Labute approximate surface area is 123 Å². The van der Waals surface area contributed by atoms with Crippen molar-refractivity contribution in [2.45, 2.75) is 25.0 Å². The molecule has 2 aromatic carbocycles. The highest BCUT2D eigenvalue weighted by Gasteiger charge is 2.23. The quantitative estimate of drug-likeness (QED) is 0.654. The molecule has 3 N–H and O–H groups in total. The minimum absolute atomic E-state index is 0.0799. The van der Waals surface area contributed by atoms with Crippen LogP contribution in [-0.4, -0.2) is 6.10 Å². The largest absolute Gasteiger partial charge is 0.490 e. The third-order valence-electron chi connectivity index (χ3n) is 3.39. The van der Waals surface area contributed by atoms with Crippen molar-refractivity contribution >= 4 is 11.6 Å². The number of rotatable bonds is 5. The predicted octanol–water partition coefficient (Wildman–Crippen LogP) is 3.43. The van der Waals surface area contributed by atoms with Crippen LogP contribution >= 0.6 is 11.6 Å². The van der Waals surface area contributed by atoms with Gasteiger partial charge in [0.1, 0.15) is 5.75 Å². The molecule has 1 saturated carbocycles. The molecule has 3 nitrogen and oxygen atoms in total.